The van der Waals surface area contributed by atoms with E-state index in [-0.39, 0.29) is 18.6 Å². The fourth-order valence-corrected chi connectivity index (χ4v) is 1.80. The Balaban J connectivity index is 2.14. The van der Waals surface area contributed by atoms with E-state index in [1.54, 1.807) is 12.1 Å². The van der Waals surface area contributed by atoms with Gasteiger partial charge in [-0.25, -0.2) is 0 Å². The lowest BCUT2D eigenvalue weighted by atomic mass is 10.1. The number of rotatable bonds is 5. The summed E-state index contributed by atoms with van der Waals surface area (Å²) >= 11 is 0. The maximum Gasteiger partial charge on any atom is 0.303 e. The first-order chi connectivity index (χ1) is 10.0. The van der Waals surface area contributed by atoms with Crippen LogP contribution in [0.2, 0.25) is 0 Å². The SMILES string of the molecule is Cc1ccc(/N=N/c2ccc(O)c(CCC(=O)O)c2)cc1. The van der Waals surface area contributed by atoms with Crippen molar-refractivity contribution in [3.63, 3.8) is 0 Å². The lowest BCUT2D eigenvalue weighted by Crippen LogP contribution is -1.97. The number of hydrogen-bond donors (Lipinski definition) is 2. The average molecular weight is 284 g/mol. The first kappa shape index (κ1) is 14.7. The molecular weight excluding hydrogens is 268 g/mol. The second-order valence-electron chi connectivity index (χ2n) is 4.74. The third-order valence-electron chi connectivity index (χ3n) is 2.99. The smallest absolute Gasteiger partial charge is 0.303 e. The number of carboxylic acids is 1. The van der Waals surface area contributed by atoms with Gasteiger partial charge in [0.1, 0.15) is 5.75 Å². The number of azo groups is 1. The van der Waals surface area contributed by atoms with Gasteiger partial charge in [0.15, 0.2) is 0 Å². The Bertz CT molecular complexity index is 664. The summed E-state index contributed by atoms with van der Waals surface area (Å²) in [6.07, 6.45) is 0.223. The Morgan fingerprint density at radius 1 is 1.05 bits per heavy atom. The minimum atomic E-state index is -0.902. The van der Waals surface area contributed by atoms with E-state index in [0.717, 1.165) is 11.3 Å². The fourth-order valence-electron chi connectivity index (χ4n) is 1.80. The topological polar surface area (TPSA) is 82.2 Å². The van der Waals surface area contributed by atoms with Gasteiger partial charge >= 0.3 is 5.97 Å². The molecule has 0 heterocycles. The second-order valence-corrected chi connectivity index (χ2v) is 4.74. The summed E-state index contributed by atoms with van der Waals surface area (Å²) in [5, 5.41) is 26.6. The molecule has 0 spiro atoms. The summed E-state index contributed by atoms with van der Waals surface area (Å²) in [6, 6.07) is 12.4. The summed E-state index contributed by atoms with van der Waals surface area (Å²) < 4.78 is 0. The van der Waals surface area contributed by atoms with Gasteiger partial charge in [-0.05, 0) is 49.2 Å². The number of aromatic hydroxyl groups is 1. The van der Waals surface area contributed by atoms with E-state index >= 15 is 0 Å². The number of phenolic OH excluding ortho intramolecular Hbond substituents is 1. The zero-order chi connectivity index (χ0) is 15.2. The number of aryl methyl sites for hydroxylation is 2. The summed E-state index contributed by atoms with van der Waals surface area (Å²) in [5.41, 5.74) is 3.02. The van der Waals surface area contributed by atoms with Crippen molar-refractivity contribution in [2.24, 2.45) is 10.2 Å². The number of phenols is 1. The van der Waals surface area contributed by atoms with E-state index in [0.29, 0.717) is 11.3 Å². The highest BCUT2D eigenvalue weighted by atomic mass is 16.4. The van der Waals surface area contributed by atoms with Crippen molar-refractivity contribution in [3.8, 4) is 5.75 Å². The molecule has 2 N–H and O–H groups in total. The van der Waals surface area contributed by atoms with Gasteiger partial charge in [-0.2, -0.15) is 10.2 Å². The number of aliphatic carboxylic acids is 1. The molecule has 0 saturated heterocycles. The molecule has 0 amide bonds. The lowest BCUT2D eigenvalue weighted by Gasteiger charge is -2.03. The molecule has 0 atom stereocenters. The van der Waals surface area contributed by atoms with Gasteiger partial charge in [-0.15, -0.1) is 0 Å². The molecule has 5 nitrogen and oxygen atoms in total. The first-order valence-electron chi connectivity index (χ1n) is 6.57. The largest absolute Gasteiger partial charge is 0.508 e. The molecule has 2 aromatic carbocycles. The molecule has 108 valence electrons. The highest BCUT2D eigenvalue weighted by molar-refractivity contribution is 5.67. The number of carboxylic acid groups (broad SMARTS) is 1. The van der Waals surface area contributed by atoms with E-state index in [1.165, 1.54) is 6.07 Å². The Kier molecular flexibility index (Phi) is 4.66. The Morgan fingerprint density at radius 2 is 1.67 bits per heavy atom. The van der Waals surface area contributed by atoms with E-state index in [4.69, 9.17) is 5.11 Å². The van der Waals surface area contributed by atoms with Crippen LogP contribution in [0.25, 0.3) is 0 Å². The first-order valence-corrected chi connectivity index (χ1v) is 6.57. The van der Waals surface area contributed by atoms with E-state index in [1.807, 2.05) is 31.2 Å². The summed E-state index contributed by atoms with van der Waals surface area (Å²) in [4.78, 5) is 10.6. The molecule has 0 unspecified atom stereocenters. The molecule has 0 aliphatic heterocycles. The van der Waals surface area contributed by atoms with Crippen molar-refractivity contribution in [2.45, 2.75) is 19.8 Å². The third kappa shape index (κ3) is 4.42. The van der Waals surface area contributed by atoms with Crippen molar-refractivity contribution in [1.82, 2.24) is 0 Å². The van der Waals surface area contributed by atoms with Gasteiger partial charge < -0.3 is 10.2 Å². The number of nitrogens with zero attached hydrogens (tertiary/aromatic N) is 2. The maximum absolute atomic E-state index is 10.6. The van der Waals surface area contributed by atoms with Crippen LogP contribution in [0, 0.1) is 6.92 Å². The van der Waals surface area contributed by atoms with Gasteiger partial charge in [-0.1, -0.05) is 17.7 Å². The predicted molar refractivity (Wildman–Crippen MR) is 79.4 cm³/mol. The van der Waals surface area contributed by atoms with E-state index < -0.39 is 5.97 Å². The van der Waals surface area contributed by atoms with Crippen LogP contribution in [-0.2, 0) is 11.2 Å². The van der Waals surface area contributed by atoms with Gasteiger partial charge in [0, 0.05) is 6.42 Å². The monoisotopic (exact) mass is 284 g/mol. The van der Waals surface area contributed by atoms with Crippen LogP contribution in [0.1, 0.15) is 17.5 Å². The van der Waals surface area contributed by atoms with Crippen LogP contribution < -0.4 is 0 Å². The molecule has 0 radical (unpaired) electrons. The standard InChI is InChI=1S/C16H16N2O3/c1-11-2-5-13(6-3-11)17-18-14-7-8-15(19)12(10-14)4-9-16(20)21/h2-3,5-8,10,19H,4,9H2,1H3,(H,20,21)/b18-17+. The van der Waals surface area contributed by atoms with Crippen LogP contribution in [0.15, 0.2) is 52.7 Å². The van der Waals surface area contributed by atoms with Crippen molar-refractivity contribution >= 4 is 17.3 Å². The van der Waals surface area contributed by atoms with Crippen molar-refractivity contribution in [1.29, 1.82) is 0 Å². The molecule has 0 aliphatic carbocycles. The second kappa shape index (κ2) is 6.65. The summed E-state index contributed by atoms with van der Waals surface area (Å²) in [5.74, 6) is -0.827. The average Bonchev–Trinajstić information content (AvgIpc) is 2.46. The molecule has 21 heavy (non-hydrogen) atoms. The molecule has 2 rings (SSSR count). The fraction of sp³-hybridized carbons (Fsp3) is 0.188. The maximum atomic E-state index is 10.6. The third-order valence-corrected chi connectivity index (χ3v) is 2.99. The zero-order valence-corrected chi connectivity index (χ0v) is 11.7. The molecule has 5 heteroatoms. The van der Waals surface area contributed by atoms with Crippen molar-refractivity contribution in [2.75, 3.05) is 0 Å². The van der Waals surface area contributed by atoms with E-state index in [9.17, 15) is 9.90 Å². The Morgan fingerprint density at radius 3 is 2.33 bits per heavy atom. The molecule has 2 aromatic rings. The highest BCUT2D eigenvalue weighted by Gasteiger charge is 2.05. The van der Waals surface area contributed by atoms with Crippen molar-refractivity contribution in [3.05, 3.63) is 53.6 Å². The van der Waals surface area contributed by atoms with Gasteiger partial charge in [0.2, 0.25) is 0 Å². The zero-order valence-electron chi connectivity index (χ0n) is 11.7. The normalized spacial score (nSPS) is 10.9. The van der Waals surface area contributed by atoms with Crippen LogP contribution in [-0.4, -0.2) is 16.2 Å². The molecule has 0 fully saturated rings. The minimum absolute atomic E-state index is 0.0356. The Hall–Kier alpha value is -2.69. The van der Waals surface area contributed by atoms with E-state index in [2.05, 4.69) is 10.2 Å². The van der Waals surface area contributed by atoms with Crippen molar-refractivity contribution < 1.29 is 15.0 Å². The molecule has 0 saturated carbocycles. The molecule has 0 aromatic heterocycles. The van der Waals surface area contributed by atoms with Crippen LogP contribution in [0.3, 0.4) is 0 Å². The number of benzene rings is 2. The van der Waals surface area contributed by atoms with Gasteiger partial charge in [0.25, 0.3) is 0 Å². The predicted octanol–water partition coefficient (Wildman–Crippen LogP) is 4.13. The highest BCUT2D eigenvalue weighted by Crippen LogP contribution is 2.26. The quantitative estimate of drug-likeness (QED) is 0.810. The van der Waals surface area contributed by atoms with Crippen LogP contribution in [0.5, 0.6) is 5.75 Å². The lowest BCUT2D eigenvalue weighted by molar-refractivity contribution is -0.136. The summed E-state index contributed by atoms with van der Waals surface area (Å²) in [7, 11) is 0. The van der Waals surface area contributed by atoms with Gasteiger partial charge in [-0.3, -0.25) is 4.79 Å². The minimum Gasteiger partial charge on any atom is -0.508 e. The number of hydrogen-bond acceptors (Lipinski definition) is 4. The Labute approximate surface area is 122 Å². The molecular formula is C16H16N2O3. The van der Waals surface area contributed by atoms with Gasteiger partial charge in [0.05, 0.1) is 11.4 Å². The number of carbonyl (C=O) groups is 1. The van der Waals surface area contributed by atoms with Crippen LogP contribution >= 0.6 is 0 Å². The summed E-state index contributed by atoms with van der Waals surface area (Å²) in [6.45, 7) is 2.00. The molecule has 0 bridgehead atoms. The van der Waals surface area contributed by atoms with Crippen LogP contribution in [0.4, 0.5) is 11.4 Å². The molecule has 0 aliphatic rings.